The molecule has 0 aliphatic heterocycles. The molecule has 0 aromatic heterocycles. The molecule has 3 rings (SSSR count). The third-order valence-electron chi connectivity index (χ3n) is 6.30. The maximum absolute atomic E-state index is 13.9. The van der Waals surface area contributed by atoms with Crippen LogP contribution in [0.1, 0.15) is 37.5 Å². The van der Waals surface area contributed by atoms with Crippen molar-refractivity contribution in [2.45, 2.75) is 58.1 Å². The van der Waals surface area contributed by atoms with Gasteiger partial charge >= 0.3 is 0 Å². The zero-order valence-corrected chi connectivity index (χ0v) is 25.8. The van der Waals surface area contributed by atoms with E-state index in [1.165, 1.54) is 29.2 Å². The lowest BCUT2D eigenvalue weighted by Gasteiger charge is -2.32. The van der Waals surface area contributed by atoms with E-state index in [0.29, 0.717) is 10.7 Å². The number of anilines is 1. The predicted molar refractivity (Wildman–Crippen MR) is 159 cm³/mol. The van der Waals surface area contributed by atoms with Crippen molar-refractivity contribution in [2.75, 3.05) is 10.8 Å². The van der Waals surface area contributed by atoms with E-state index < -0.39 is 28.5 Å². The summed E-state index contributed by atoms with van der Waals surface area (Å²) in [6, 6.07) is 17.5. The van der Waals surface area contributed by atoms with E-state index in [1.54, 1.807) is 19.1 Å². The molecular weight excluding hydrogens is 602 g/mol. The highest BCUT2D eigenvalue weighted by Gasteiger charge is 2.32. The number of nitrogens with one attached hydrogen (secondary N) is 1. The molecule has 0 spiro atoms. The number of sulfonamides is 1. The normalized spacial score (nSPS) is 12.2. The quantitative estimate of drug-likeness (QED) is 0.303. The van der Waals surface area contributed by atoms with Crippen LogP contribution in [0.4, 0.5) is 5.69 Å². The number of hydrogen-bond donors (Lipinski definition) is 1. The van der Waals surface area contributed by atoms with Gasteiger partial charge in [0.25, 0.3) is 10.0 Å². The first-order valence-electron chi connectivity index (χ1n) is 12.5. The Morgan fingerprint density at radius 3 is 2.21 bits per heavy atom. The zero-order valence-electron chi connectivity index (χ0n) is 22.6. The van der Waals surface area contributed by atoms with Gasteiger partial charge in [-0.15, -0.1) is 0 Å². The Bertz CT molecular complexity index is 1450. The lowest BCUT2D eigenvalue weighted by Crippen LogP contribution is -2.52. The van der Waals surface area contributed by atoms with Crippen molar-refractivity contribution in [3.8, 4) is 0 Å². The van der Waals surface area contributed by atoms with Crippen LogP contribution in [0.2, 0.25) is 5.02 Å². The average Bonchev–Trinajstić information content (AvgIpc) is 2.87. The van der Waals surface area contributed by atoms with E-state index >= 15 is 0 Å². The molecule has 0 heterocycles. The van der Waals surface area contributed by atoms with Crippen molar-refractivity contribution in [3.05, 3.63) is 92.9 Å². The van der Waals surface area contributed by atoms with Crippen molar-refractivity contribution in [3.63, 3.8) is 0 Å². The number of carbonyl (C=O) groups excluding carboxylic acids is 2. The summed E-state index contributed by atoms with van der Waals surface area (Å²) in [5, 5.41) is 3.24. The first kappa shape index (κ1) is 30.7. The van der Waals surface area contributed by atoms with Crippen molar-refractivity contribution in [1.82, 2.24) is 10.2 Å². The summed E-state index contributed by atoms with van der Waals surface area (Å²) < 4.78 is 29.7. The summed E-state index contributed by atoms with van der Waals surface area (Å²) in [6.07, 6.45) is 0. The summed E-state index contributed by atoms with van der Waals surface area (Å²) >= 11 is 9.45. The monoisotopic (exact) mass is 633 g/mol. The van der Waals surface area contributed by atoms with Crippen LogP contribution >= 0.6 is 27.5 Å². The first-order valence-corrected chi connectivity index (χ1v) is 15.1. The third kappa shape index (κ3) is 7.84. The fourth-order valence-electron chi connectivity index (χ4n) is 3.96. The molecule has 0 saturated carbocycles. The largest absolute Gasteiger partial charge is 0.352 e. The Morgan fingerprint density at radius 1 is 0.949 bits per heavy atom. The lowest BCUT2D eigenvalue weighted by molar-refractivity contribution is -0.139. The van der Waals surface area contributed by atoms with Crippen LogP contribution in [-0.2, 0) is 26.2 Å². The molecular formula is C29H33BrClN3O4S. The van der Waals surface area contributed by atoms with Gasteiger partial charge in [-0.1, -0.05) is 45.7 Å². The van der Waals surface area contributed by atoms with Gasteiger partial charge in [-0.2, -0.15) is 0 Å². The number of carbonyl (C=O) groups is 2. The fourth-order valence-corrected chi connectivity index (χ4v) is 5.94. The minimum atomic E-state index is -4.15. The van der Waals surface area contributed by atoms with Crippen molar-refractivity contribution in [2.24, 2.45) is 0 Å². The summed E-state index contributed by atoms with van der Waals surface area (Å²) in [4.78, 5) is 28.3. The van der Waals surface area contributed by atoms with Crippen LogP contribution in [-0.4, -0.2) is 43.8 Å². The van der Waals surface area contributed by atoms with Crippen LogP contribution < -0.4 is 9.62 Å². The number of halogens is 2. The van der Waals surface area contributed by atoms with Crippen LogP contribution in [0.5, 0.6) is 0 Å². The molecule has 0 aliphatic carbocycles. The Balaban J connectivity index is 2.06. The van der Waals surface area contributed by atoms with Gasteiger partial charge in [0.05, 0.1) is 10.6 Å². The van der Waals surface area contributed by atoms with Gasteiger partial charge in [-0.25, -0.2) is 8.42 Å². The number of rotatable bonds is 10. The zero-order chi connectivity index (χ0) is 28.9. The van der Waals surface area contributed by atoms with E-state index in [1.807, 2.05) is 58.0 Å². The summed E-state index contributed by atoms with van der Waals surface area (Å²) in [7, 11) is -4.15. The molecule has 0 saturated heterocycles. The lowest BCUT2D eigenvalue weighted by atomic mass is 10.1. The van der Waals surface area contributed by atoms with Gasteiger partial charge < -0.3 is 10.2 Å². The molecule has 0 fully saturated rings. The van der Waals surface area contributed by atoms with Crippen LogP contribution in [0, 0.1) is 13.8 Å². The SMILES string of the molecule is Cc1ccc(N(CC(=O)N(Cc2cccc(Br)c2)C(C)C(=O)NC(C)C)S(=O)(=O)c2ccc(Cl)cc2)cc1C. The number of benzene rings is 3. The maximum atomic E-state index is 13.9. The topological polar surface area (TPSA) is 86.8 Å². The predicted octanol–water partition coefficient (Wildman–Crippen LogP) is 5.86. The van der Waals surface area contributed by atoms with Gasteiger partial charge in [0.2, 0.25) is 11.8 Å². The summed E-state index contributed by atoms with van der Waals surface area (Å²) in [5.74, 6) is -0.844. The van der Waals surface area contributed by atoms with E-state index in [-0.39, 0.29) is 23.4 Å². The van der Waals surface area contributed by atoms with Gasteiger partial charge in [-0.05, 0) is 99.8 Å². The maximum Gasteiger partial charge on any atom is 0.264 e. The Labute approximate surface area is 244 Å². The molecule has 7 nitrogen and oxygen atoms in total. The Hall–Kier alpha value is -2.88. The van der Waals surface area contributed by atoms with Crippen molar-refractivity contribution >= 4 is 55.1 Å². The number of nitrogens with zero attached hydrogens (tertiary/aromatic N) is 2. The third-order valence-corrected chi connectivity index (χ3v) is 8.83. The second kappa shape index (κ2) is 13.0. The molecule has 0 aliphatic rings. The highest BCUT2D eigenvalue weighted by Crippen LogP contribution is 2.27. The molecule has 10 heteroatoms. The molecule has 3 aromatic carbocycles. The second-order valence-corrected chi connectivity index (χ2v) is 12.9. The first-order chi connectivity index (χ1) is 18.3. The molecule has 1 unspecified atom stereocenters. The number of amides is 2. The van der Waals surface area contributed by atoms with E-state index in [4.69, 9.17) is 11.6 Å². The smallest absolute Gasteiger partial charge is 0.264 e. The molecule has 39 heavy (non-hydrogen) atoms. The average molecular weight is 635 g/mol. The Morgan fingerprint density at radius 2 is 1.62 bits per heavy atom. The standard InChI is InChI=1S/C29H33BrClN3O4S/c1-19(2)32-29(36)22(5)33(17-23-7-6-8-24(30)16-23)28(35)18-34(26-12-9-20(3)21(4)15-26)39(37,38)27-13-10-25(31)11-14-27/h6-16,19,22H,17-18H2,1-5H3,(H,32,36). The molecule has 3 aromatic rings. The minimum Gasteiger partial charge on any atom is -0.352 e. The second-order valence-electron chi connectivity index (χ2n) is 9.72. The van der Waals surface area contributed by atoms with Crippen molar-refractivity contribution < 1.29 is 18.0 Å². The van der Waals surface area contributed by atoms with Gasteiger partial charge in [0, 0.05) is 22.1 Å². The van der Waals surface area contributed by atoms with E-state index in [2.05, 4.69) is 21.2 Å². The van der Waals surface area contributed by atoms with E-state index in [9.17, 15) is 18.0 Å². The Kier molecular flexibility index (Phi) is 10.2. The van der Waals surface area contributed by atoms with Crippen LogP contribution in [0.15, 0.2) is 76.1 Å². The number of aryl methyl sites for hydroxylation is 2. The minimum absolute atomic E-state index is 0.00191. The van der Waals surface area contributed by atoms with Crippen molar-refractivity contribution in [1.29, 1.82) is 0 Å². The summed E-state index contributed by atoms with van der Waals surface area (Å²) in [6.45, 7) is 8.74. The number of hydrogen-bond acceptors (Lipinski definition) is 4. The fraction of sp³-hybridized carbons (Fsp3) is 0.310. The molecule has 1 atom stereocenters. The molecule has 1 N–H and O–H groups in total. The molecule has 2 amide bonds. The molecule has 0 radical (unpaired) electrons. The summed E-state index contributed by atoms with van der Waals surface area (Å²) in [5.41, 5.74) is 3.01. The van der Waals surface area contributed by atoms with E-state index in [0.717, 1.165) is 25.5 Å². The van der Waals surface area contributed by atoms with Crippen LogP contribution in [0.25, 0.3) is 0 Å². The highest BCUT2D eigenvalue weighted by atomic mass is 79.9. The van der Waals surface area contributed by atoms with Crippen LogP contribution in [0.3, 0.4) is 0 Å². The van der Waals surface area contributed by atoms with Gasteiger partial charge in [0.15, 0.2) is 0 Å². The van der Waals surface area contributed by atoms with Gasteiger partial charge in [0.1, 0.15) is 12.6 Å². The molecule has 208 valence electrons. The highest BCUT2D eigenvalue weighted by molar-refractivity contribution is 9.10. The molecule has 0 bridgehead atoms. The van der Waals surface area contributed by atoms with Gasteiger partial charge in [-0.3, -0.25) is 13.9 Å².